The molecular weight excluding hydrogens is 258 g/mol. The second kappa shape index (κ2) is 6.79. The Morgan fingerprint density at radius 2 is 2.16 bits per heavy atom. The zero-order chi connectivity index (χ0) is 13.7. The third kappa shape index (κ3) is 3.86. The molecule has 1 aliphatic carbocycles. The van der Waals surface area contributed by atoms with Crippen molar-refractivity contribution >= 4 is 17.3 Å². The number of halogens is 1. The fraction of sp³-hybridized carbons (Fsp3) is 0.533. The van der Waals surface area contributed by atoms with Crippen LogP contribution in [0.4, 0.5) is 5.69 Å². The Hall–Kier alpha value is -1.24. The van der Waals surface area contributed by atoms with Gasteiger partial charge < -0.3 is 10.2 Å². The highest BCUT2D eigenvalue weighted by Crippen LogP contribution is 2.22. The highest BCUT2D eigenvalue weighted by atomic mass is 35.5. The average Bonchev–Trinajstić information content (AvgIpc) is 2.94. The molecule has 0 unspecified atom stereocenters. The lowest BCUT2D eigenvalue weighted by Gasteiger charge is -2.24. The molecule has 3 nitrogen and oxygen atoms in total. The van der Waals surface area contributed by atoms with E-state index in [4.69, 9.17) is 16.9 Å². The first-order valence-electron chi connectivity index (χ1n) is 6.84. The van der Waals surface area contributed by atoms with Crippen LogP contribution in [0.25, 0.3) is 0 Å². The maximum atomic E-state index is 9.06. The van der Waals surface area contributed by atoms with Crippen molar-refractivity contribution in [2.45, 2.75) is 31.7 Å². The standard InChI is InChI=1S/C15H20ClN3/c1-19(14-4-2-3-5-14)9-8-18-15-7-6-13(16)10-12(15)11-17/h6-7,10,14,18H,2-5,8-9H2,1H3. The van der Waals surface area contributed by atoms with E-state index in [0.717, 1.165) is 24.8 Å². The first kappa shape index (κ1) is 14.2. The molecule has 0 bridgehead atoms. The van der Waals surface area contributed by atoms with E-state index in [-0.39, 0.29) is 0 Å². The first-order valence-corrected chi connectivity index (χ1v) is 7.22. The molecule has 0 aromatic heterocycles. The van der Waals surface area contributed by atoms with Crippen LogP contribution in [-0.2, 0) is 0 Å². The van der Waals surface area contributed by atoms with Gasteiger partial charge in [0, 0.05) is 24.2 Å². The van der Waals surface area contributed by atoms with Crippen molar-refractivity contribution in [2.75, 3.05) is 25.5 Å². The second-order valence-corrected chi connectivity index (χ2v) is 5.58. The summed E-state index contributed by atoms with van der Waals surface area (Å²) in [5.41, 5.74) is 1.47. The Labute approximate surface area is 120 Å². The van der Waals surface area contributed by atoms with E-state index in [1.807, 2.05) is 12.1 Å². The topological polar surface area (TPSA) is 39.1 Å². The van der Waals surface area contributed by atoms with Gasteiger partial charge >= 0.3 is 0 Å². The highest BCUT2D eigenvalue weighted by Gasteiger charge is 2.18. The molecule has 1 saturated carbocycles. The maximum Gasteiger partial charge on any atom is 0.101 e. The van der Waals surface area contributed by atoms with Gasteiger partial charge in [0.25, 0.3) is 0 Å². The fourth-order valence-electron chi connectivity index (χ4n) is 2.66. The van der Waals surface area contributed by atoms with E-state index >= 15 is 0 Å². The number of nitriles is 1. The molecule has 4 heteroatoms. The summed E-state index contributed by atoms with van der Waals surface area (Å²) in [6.45, 7) is 1.85. The zero-order valence-electron chi connectivity index (χ0n) is 11.3. The lowest BCUT2D eigenvalue weighted by Crippen LogP contribution is -2.33. The Balaban J connectivity index is 1.84. The number of likely N-dealkylation sites (N-methyl/N-ethyl adjacent to an activating group) is 1. The monoisotopic (exact) mass is 277 g/mol. The lowest BCUT2D eigenvalue weighted by molar-refractivity contribution is 0.254. The Morgan fingerprint density at radius 3 is 2.84 bits per heavy atom. The van der Waals surface area contributed by atoms with Crippen molar-refractivity contribution in [1.29, 1.82) is 5.26 Å². The number of nitrogens with one attached hydrogen (secondary N) is 1. The normalized spacial score (nSPS) is 15.7. The van der Waals surface area contributed by atoms with Gasteiger partial charge in [-0.2, -0.15) is 5.26 Å². The summed E-state index contributed by atoms with van der Waals surface area (Å²) in [7, 11) is 2.19. The third-order valence-corrected chi connectivity index (χ3v) is 4.07. The Bertz CT molecular complexity index is 461. The number of anilines is 1. The molecule has 0 amide bonds. The van der Waals surface area contributed by atoms with Crippen LogP contribution in [-0.4, -0.2) is 31.1 Å². The summed E-state index contributed by atoms with van der Waals surface area (Å²) >= 11 is 5.88. The van der Waals surface area contributed by atoms with Crippen LogP contribution >= 0.6 is 11.6 Å². The Kier molecular flexibility index (Phi) is 5.07. The maximum absolute atomic E-state index is 9.06. The van der Waals surface area contributed by atoms with E-state index in [9.17, 15) is 0 Å². The van der Waals surface area contributed by atoms with Gasteiger partial charge in [-0.3, -0.25) is 0 Å². The van der Waals surface area contributed by atoms with Gasteiger partial charge in [0.05, 0.1) is 11.3 Å². The van der Waals surface area contributed by atoms with Crippen LogP contribution < -0.4 is 5.32 Å². The molecular formula is C15H20ClN3. The molecule has 19 heavy (non-hydrogen) atoms. The van der Waals surface area contributed by atoms with Gasteiger partial charge in [0.2, 0.25) is 0 Å². The zero-order valence-corrected chi connectivity index (χ0v) is 12.1. The molecule has 1 aromatic rings. The van der Waals surface area contributed by atoms with Gasteiger partial charge in [0.15, 0.2) is 0 Å². The number of nitrogens with zero attached hydrogens (tertiary/aromatic N) is 2. The van der Waals surface area contributed by atoms with Gasteiger partial charge in [-0.05, 0) is 38.1 Å². The van der Waals surface area contributed by atoms with Crippen molar-refractivity contribution in [1.82, 2.24) is 4.90 Å². The summed E-state index contributed by atoms with van der Waals surface area (Å²) in [4.78, 5) is 2.42. The highest BCUT2D eigenvalue weighted by molar-refractivity contribution is 6.30. The molecule has 0 saturated heterocycles. The minimum atomic E-state index is 0.602. The molecule has 1 aliphatic rings. The van der Waals surface area contributed by atoms with Crippen LogP contribution in [0.15, 0.2) is 18.2 Å². The molecule has 1 aromatic carbocycles. The summed E-state index contributed by atoms with van der Waals surface area (Å²) in [6.07, 6.45) is 5.36. The summed E-state index contributed by atoms with van der Waals surface area (Å²) in [5.74, 6) is 0. The van der Waals surface area contributed by atoms with E-state index in [1.165, 1.54) is 25.7 Å². The summed E-state index contributed by atoms with van der Waals surface area (Å²) in [5, 5.41) is 13.0. The van der Waals surface area contributed by atoms with Crippen LogP contribution in [0.5, 0.6) is 0 Å². The van der Waals surface area contributed by atoms with Crippen LogP contribution in [0.1, 0.15) is 31.2 Å². The van der Waals surface area contributed by atoms with Gasteiger partial charge in [0.1, 0.15) is 6.07 Å². The minimum Gasteiger partial charge on any atom is -0.383 e. The number of rotatable bonds is 5. The van der Waals surface area contributed by atoms with Gasteiger partial charge in [-0.1, -0.05) is 24.4 Å². The lowest BCUT2D eigenvalue weighted by atomic mass is 10.2. The van der Waals surface area contributed by atoms with Crippen molar-refractivity contribution in [2.24, 2.45) is 0 Å². The van der Waals surface area contributed by atoms with Crippen molar-refractivity contribution < 1.29 is 0 Å². The molecule has 0 spiro atoms. The fourth-order valence-corrected chi connectivity index (χ4v) is 2.83. The smallest absolute Gasteiger partial charge is 0.101 e. The number of benzene rings is 1. The third-order valence-electron chi connectivity index (χ3n) is 3.83. The Morgan fingerprint density at radius 1 is 1.42 bits per heavy atom. The SMILES string of the molecule is CN(CCNc1ccc(Cl)cc1C#N)C1CCCC1. The van der Waals surface area contributed by atoms with Crippen LogP contribution in [0.2, 0.25) is 5.02 Å². The van der Waals surface area contributed by atoms with Crippen LogP contribution in [0.3, 0.4) is 0 Å². The predicted molar refractivity (Wildman–Crippen MR) is 79.5 cm³/mol. The molecule has 0 radical (unpaired) electrons. The van der Waals surface area contributed by atoms with E-state index < -0.39 is 0 Å². The average molecular weight is 278 g/mol. The van der Waals surface area contributed by atoms with Crippen molar-refractivity contribution in [3.8, 4) is 6.07 Å². The van der Waals surface area contributed by atoms with Crippen LogP contribution in [0, 0.1) is 11.3 Å². The molecule has 102 valence electrons. The largest absolute Gasteiger partial charge is 0.383 e. The molecule has 0 heterocycles. The predicted octanol–water partition coefficient (Wildman–Crippen LogP) is 3.50. The molecule has 0 aliphatic heterocycles. The minimum absolute atomic E-state index is 0.602. The van der Waals surface area contributed by atoms with E-state index in [1.54, 1.807) is 6.07 Å². The van der Waals surface area contributed by atoms with Crippen molar-refractivity contribution in [3.63, 3.8) is 0 Å². The first-order chi connectivity index (χ1) is 9.20. The van der Waals surface area contributed by atoms with E-state index in [2.05, 4.69) is 23.3 Å². The van der Waals surface area contributed by atoms with Gasteiger partial charge in [-0.25, -0.2) is 0 Å². The molecule has 1 N–H and O–H groups in total. The quantitative estimate of drug-likeness (QED) is 0.895. The summed E-state index contributed by atoms with van der Waals surface area (Å²) < 4.78 is 0. The molecule has 2 rings (SSSR count). The van der Waals surface area contributed by atoms with Crippen molar-refractivity contribution in [3.05, 3.63) is 28.8 Å². The number of hydrogen-bond donors (Lipinski definition) is 1. The number of hydrogen-bond acceptors (Lipinski definition) is 3. The second-order valence-electron chi connectivity index (χ2n) is 5.15. The molecule has 1 fully saturated rings. The van der Waals surface area contributed by atoms with Gasteiger partial charge in [-0.15, -0.1) is 0 Å². The molecule has 0 atom stereocenters. The summed E-state index contributed by atoms with van der Waals surface area (Å²) in [6, 6.07) is 8.29. The van der Waals surface area contributed by atoms with E-state index in [0.29, 0.717) is 10.6 Å².